The fourth-order valence-electron chi connectivity index (χ4n) is 3.68. The van der Waals surface area contributed by atoms with Crippen LogP contribution in [0.25, 0.3) is 6.08 Å². The number of ketones is 1. The molecule has 2 aromatic carbocycles. The van der Waals surface area contributed by atoms with Crippen LogP contribution in [0, 0.1) is 12.8 Å². The average molecular weight is 362 g/mol. The van der Waals surface area contributed by atoms with Crippen molar-refractivity contribution in [3.63, 3.8) is 0 Å². The Morgan fingerprint density at radius 3 is 2.70 bits per heavy atom. The first-order valence-corrected chi connectivity index (χ1v) is 9.47. The maximum absolute atomic E-state index is 12.6. The lowest BCUT2D eigenvalue weighted by molar-refractivity contribution is -0.139. The van der Waals surface area contributed by atoms with Crippen LogP contribution in [0.2, 0.25) is 0 Å². The van der Waals surface area contributed by atoms with Gasteiger partial charge in [-0.1, -0.05) is 49.1 Å². The highest BCUT2D eigenvalue weighted by atomic mass is 16.5. The van der Waals surface area contributed by atoms with Crippen molar-refractivity contribution in [2.45, 2.75) is 39.0 Å². The number of rotatable bonds is 3. The predicted molar refractivity (Wildman–Crippen MR) is 103 cm³/mol. The maximum Gasteiger partial charge on any atom is 0.314 e. The first kappa shape index (κ1) is 17.5. The van der Waals surface area contributed by atoms with Crippen LogP contribution in [0.4, 0.5) is 0 Å². The van der Waals surface area contributed by atoms with Crippen molar-refractivity contribution in [3.05, 3.63) is 64.9 Å². The van der Waals surface area contributed by atoms with Crippen LogP contribution in [-0.2, 0) is 4.79 Å². The molecule has 0 bridgehead atoms. The first-order valence-electron chi connectivity index (χ1n) is 9.47. The van der Waals surface area contributed by atoms with Crippen LogP contribution in [0.5, 0.6) is 11.5 Å². The van der Waals surface area contributed by atoms with Crippen molar-refractivity contribution in [2.75, 3.05) is 0 Å². The number of esters is 1. The molecule has 27 heavy (non-hydrogen) atoms. The Bertz CT molecular complexity index is 920. The number of ether oxygens (including phenoxy) is 2. The Morgan fingerprint density at radius 1 is 1.11 bits per heavy atom. The van der Waals surface area contributed by atoms with Gasteiger partial charge < -0.3 is 9.47 Å². The highest BCUT2D eigenvalue weighted by Gasteiger charge is 2.29. The van der Waals surface area contributed by atoms with Crippen LogP contribution in [0.15, 0.2) is 48.2 Å². The predicted octanol–water partition coefficient (Wildman–Crippen LogP) is 5.10. The first-order chi connectivity index (χ1) is 13.1. The summed E-state index contributed by atoms with van der Waals surface area (Å²) in [7, 11) is 0. The number of aryl methyl sites for hydroxylation is 1. The second-order valence-corrected chi connectivity index (χ2v) is 7.27. The molecule has 0 spiro atoms. The molecule has 4 heteroatoms. The van der Waals surface area contributed by atoms with Crippen molar-refractivity contribution in [1.82, 2.24) is 0 Å². The lowest BCUT2D eigenvalue weighted by atomic mass is 9.89. The Hall–Kier alpha value is -2.88. The van der Waals surface area contributed by atoms with E-state index in [0.29, 0.717) is 17.1 Å². The van der Waals surface area contributed by atoms with Gasteiger partial charge in [0.25, 0.3) is 0 Å². The number of hydrogen-bond acceptors (Lipinski definition) is 4. The molecule has 0 N–H and O–H groups in total. The van der Waals surface area contributed by atoms with Gasteiger partial charge in [-0.2, -0.15) is 0 Å². The maximum atomic E-state index is 12.6. The number of fused-ring (bicyclic) bond motifs is 1. The van der Waals surface area contributed by atoms with E-state index in [4.69, 9.17) is 9.47 Å². The molecule has 0 radical (unpaired) electrons. The normalized spacial score (nSPS) is 18.3. The van der Waals surface area contributed by atoms with E-state index in [1.807, 2.05) is 31.2 Å². The van der Waals surface area contributed by atoms with Gasteiger partial charge in [0.2, 0.25) is 5.78 Å². The Kier molecular flexibility index (Phi) is 4.80. The molecule has 1 aliphatic carbocycles. The number of allylic oxidation sites excluding steroid dienone is 1. The van der Waals surface area contributed by atoms with Crippen molar-refractivity contribution in [1.29, 1.82) is 0 Å². The minimum atomic E-state index is -0.186. The van der Waals surface area contributed by atoms with E-state index in [0.717, 1.165) is 36.8 Å². The van der Waals surface area contributed by atoms with Gasteiger partial charge in [0.15, 0.2) is 5.76 Å². The second-order valence-electron chi connectivity index (χ2n) is 7.27. The molecule has 2 aliphatic rings. The largest absolute Gasteiger partial charge is 0.452 e. The van der Waals surface area contributed by atoms with Gasteiger partial charge in [0.1, 0.15) is 11.5 Å². The summed E-state index contributed by atoms with van der Waals surface area (Å²) in [4.78, 5) is 24.9. The van der Waals surface area contributed by atoms with Crippen molar-refractivity contribution in [2.24, 2.45) is 5.92 Å². The Labute approximate surface area is 158 Å². The lowest BCUT2D eigenvalue weighted by Gasteiger charge is -2.19. The summed E-state index contributed by atoms with van der Waals surface area (Å²) in [5, 5.41) is 0. The minimum absolute atomic E-state index is 0.0219. The molecule has 0 aromatic heterocycles. The van der Waals surface area contributed by atoms with E-state index >= 15 is 0 Å². The van der Waals surface area contributed by atoms with Crippen LogP contribution in [0.1, 0.15) is 53.6 Å². The fourth-order valence-corrected chi connectivity index (χ4v) is 3.68. The zero-order chi connectivity index (χ0) is 18.8. The molecule has 1 heterocycles. The van der Waals surface area contributed by atoms with E-state index in [1.165, 1.54) is 6.42 Å². The van der Waals surface area contributed by atoms with Crippen LogP contribution in [-0.4, -0.2) is 11.8 Å². The van der Waals surface area contributed by atoms with Gasteiger partial charge in [-0.25, -0.2) is 0 Å². The molecular weight excluding hydrogens is 340 g/mol. The SMILES string of the molecule is Cc1cccc(C=C2Oc3cc(OC(=O)C4CCCCC4)ccc3C2=O)c1. The third kappa shape index (κ3) is 3.80. The molecule has 0 saturated heterocycles. The van der Waals surface area contributed by atoms with E-state index in [-0.39, 0.29) is 23.4 Å². The number of Topliss-reactive ketones (excluding diaryl/α,β-unsaturated/α-hetero) is 1. The number of carbonyl (C=O) groups excluding carboxylic acids is 2. The average Bonchev–Trinajstić information content (AvgIpc) is 2.97. The summed E-state index contributed by atoms with van der Waals surface area (Å²) in [6.45, 7) is 2.00. The van der Waals surface area contributed by atoms with Gasteiger partial charge in [0.05, 0.1) is 11.5 Å². The smallest absolute Gasteiger partial charge is 0.314 e. The molecule has 0 atom stereocenters. The number of hydrogen-bond donors (Lipinski definition) is 0. The highest BCUT2D eigenvalue weighted by molar-refractivity contribution is 6.14. The molecule has 4 rings (SSSR count). The Morgan fingerprint density at radius 2 is 1.93 bits per heavy atom. The number of carbonyl (C=O) groups is 2. The minimum Gasteiger partial charge on any atom is -0.452 e. The molecule has 1 aliphatic heterocycles. The summed E-state index contributed by atoms with van der Waals surface area (Å²) >= 11 is 0. The van der Waals surface area contributed by atoms with E-state index in [2.05, 4.69) is 0 Å². The third-order valence-electron chi connectivity index (χ3n) is 5.14. The van der Waals surface area contributed by atoms with Gasteiger partial charge in [0, 0.05) is 6.07 Å². The molecule has 4 nitrogen and oxygen atoms in total. The molecule has 2 aromatic rings. The van der Waals surface area contributed by atoms with Gasteiger partial charge in [-0.3, -0.25) is 9.59 Å². The van der Waals surface area contributed by atoms with Gasteiger partial charge in [-0.05, 0) is 43.5 Å². The molecule has 0 unspecified atom stereocenters. The Balaban J connectivity index is 1.51. The van der Waals surface area contributed by atoms with E-state index < -0.39 is 0 Å². The summed E-state index contributed by atoms with van der Waals surface area (Å²) in [5.74, 6) is 0.783. The highest BCUT2D eigenvalue weighted by Crippen LogP contribution is 2.35. The lowest BCUT2D eigenvalue weighted by Crippen LogP contribution is -2.22. The van der Waals surface area contributed by atoms with Crippen LogP contribution >= 0.6 is 0 Å². The van der Waals surface area contributed by atoms with Crippen LogP contribution in [0.3, 0.4) is 0 Å². The van der Waals surface area contributed by atoms with Crippen molar-refractivity contribution >= 4 is 17.8 Å². The molecular formula is C23H22O4. The third-order valence-corrected chi connectivity index (χ3v) is 5.14. The van der Waals surface area contributed by atoms with E-state index in [9.17, 15) is 9.59 Å². The molecule has 138 valence electrons. The standard InChI is InChI=1S/C23H22O4/c1-15-6-5-7-16(12-15)13-21-22(24)19-11-10-18(14-20(19)27-21)26-23(25)17-8-3-2-4-9-17/h5-7,10-14,17H,2-4,8-9H2,1H3. The number of benzene rings is 2. The quantitative estimate of drug-likeness (QED) is 0.433. The van der Waals surface area contributed by atoms with Gasteiger partial charge in [-0.15, -0.1) is 0 Å². The molecule has 1 fully saturated rings. The topological polar surface area (TPSA) is 52.6 Å². The van der Waals surface area contributed by atoms with Crippen LogP contribution < -0.4 is 9.47 Å². The van der Waals surface area contributed by atoms with E-state index in [1.54, 1.807) is 24.3 Å². The van der Waals surface area contributed by atoms with Crippen molar-refractivity contribution < 1.29 is 19.1 Å². The summed E-state index contributed by atoms with van der Waals surface area (Å²) in [6, 6.07) is 12.8. The van der Waals surface area contributed by atoms with Gasteiger partial charge >= 0.3 is 5.97 Å². The summed E-state index contributed by atoms with van der Waals surface area (Å²) < 4.78 is 11.3. The fraction of sp³-hybridized carbons (Fsp3) is 0.304. The van der Waals surface area contributed by atoms with Crippen molar-refractivity contribution in [3.8, 4) is 11.5 Å². The zero-order valence-corrected chi connectivity index (χ0v) is 15.4. The summed E-state index contributed by atoms with van der Waals surface area (Å²) in [5.41, 5.74) is 2.52. The molecule has 0 amide bonds. The molecule has 1 saturated carbocycles. The summed E-state index contributed by atoms with van der Waals surface area (Å²) in [6.07, 6.45) is 6.87. The second kappa shape index (κ2) is 7.39. The monoisotopic (exact) mass is 362 g/mol. The zero-order valence-electron chi connectivity index (χ0n) is 15.4.